The summed E-state index contributed by atoms with van der Waals surface area (Å²) in [4.78, 5) is 48.2. The molecule has 0 saturated heterocycles. The molecule has 5 N–H and O–H groups in total. The Hall–Kier alpha value is -4.80. The van der Waals surface area contributed by atoms with Crippen LogP contribution in [0.4, 0.5) is 21.5 Å². The topological polar surface area (TPSA) is 141 Å². The first-order valence-electron chi connectivity index (χ1n) is 12.9. The van der Waals surface area contributed by atoms with Crippen molar-refractivity contribution in [3.8, 4) is 0 Å². The fourth-order valence-corrected chi connectivity index (χ4v) is 4.09. The summed E-state index contributed by atoms with van der Waals surface area (Å²) in [6, 6.07) is 15.4. The van der Waals surface area contributed by atoms with Crippen LogP contribution in [0.15, 0.2) is 67.1 Å². The number of halogens is 1. The molecule has 10 nitrogen and oxygen atoms in total. The zero-order valence-corrected chi connectivity index (χ0v) is 22.5. The van der Waals surface area contributed by atoms with E-state index in [0.717, 1.165) is 5.39 Å². The molecule has 2 aromatic carbocycles. The van der Waals surface area contributed by atoms with Crippen LogP contribution in [0.5, 0.6) is 0 Å². The molecule has 0 fully saturated rings. The summed E-state index contributed by atoms with van der Waals surface area (Å²) >= 11 is 0. The zero-order chi connectivity index (χ0) is 28.7. The van der Waals surface area contributed by atoms with E-state index in [4.69, 9.17) is 0 Å². The number of pyridine rings is 1. The summed E-state index contributed by atoms with van der Waals surface area (Å²) < 4.78 is 14.8. The largest absolute Gasteiger partial charge is 0.356 e. The number of hydrogen-bond acceptors (Lipinski definition) is 6. The van der Waals surface area contributed by atoms with Gasteiger partial charge in [0.25, 0.3) is 0 Å². The van der Waals surface area contributed by atoms with E-state index in [1.54, 1.807) is 30.5 Å². The Morgan fingerprint density at radius 1 is 1.05 bits per heavy atom. The van der Waals surface area contributed by atoms with Gasteiger partial charge in [0.15, 0.2) is 0 Å². The van der Waals surface area contributed by atoms with Gasteiger partial charge in [0.05, 0.1) is 17.5 Å². The van der Waals surface area contributed by atoms with Gasteiger partial charge in [-0.1, -0.05) is 24.3 Å². The summed E-state index contributed by atoms with van der Waals surface area (Å²) in [6.45, 7) is 4.45. The van der Waals surface area contributed by atoms with Crippen LogP contribution in [0.3, 0.4) is 0 Å². The molecule has 0 aliphatic heterocycles. The number of imidazole rings is 1. The van der Waals surface area contributed by atoms with Gasteiger partial charge in [-0.2, -0.15) is 0 Å². The number of anilines is 3. The molecule has 0 aliphatic carbocycles. The van der Waals surface area contributed by atoms with Crippen LogP contribution in [-0.2, 0) is 26.5 Å². The Balaban J connectivity index is 1.51. The summed E-state index contributed by atoms with van der Waals surface area (Å²) in [5.74, 6) is -1.03. The number of rotatable bonds is 11. The number of nitrogens with one attached hydrogen (secondary N) is 5. The van der Waals surface area contributed by atoms with Gasteiger partial charge in [-0.15, -0.1) is 0 Å². The Morgan fingerprint density at radius 3 is 2.55 bits per heavy atom. The summed E-state index contributed by atoms with van der Waals surface area (Å²) in [5.41, 5.74) is 1.85. The number of carbonyl (C=O) groups is 3. The molecule has 0 spiro atoms. The molecule has 11 heteroatoms. The number of amides is 3. The van der Waals surface area contributed by atoms with Crippen LogP contribution in [0, 0.1) is 0 Å². The Kier molecular flexibility index (Phi) is 8.73. The average molecular weight is 546 g/mol. The highest BCUT2D eigenvalue weighted by Gasteiger charge is 2.24. The molecule has 2 aromatic heterocycles. The first kappa shape index (κ1) is 28.2. The number of nitrogens with zero attached hydrogens (tertiary/aromatic N) is 2. The van der Waals surface area contributed by atoms with E-state index >= 15 is 0 Å². The van der Waals surface area contributed by atoms with Crippen LogP contribution in [0.25, 0.3) is 10.9 Å². The van der Waals surface area contributed by atoms with Gasteiger partial charge in [0.2, 0.25) is 17.7 Å². The number of carbonyl (C=O) groups excluding carboxylic acids is 3. The molecular weight excluding hydrogens is 513 g/mol. The molecule has 2 heterocycles. The minimum absolute atomic E-state index is 0.0311. The predicted molar refractivity (Wildman–Crippen MR) is 152 cm³/mol. The van der Waals surface area contributed by atoms with Gasteiger partial charge >= 0.3 is 0 Å². The maximum absolute atomic E-state index is 14.8. The molecule has 1 atom stereocenters. The van der Waals surface area contributed by atoms with E-state index in [2.05, 4.69) is 36.2 Å². The third-order valence-corrected chi connectivity index (χ3v) is 6.09. The van der Waals surface area contributed by atoms with Crippen molar-refractivity contribution >= 4 is 45.7 Å². The predicted octanol–water partition coefficient (Wildman–Crippen LogP) is 4.10. The number of benzene rings is 2. The molecule has 0 saturated carbocycles. The molecule has 0 bridgehead atoms. The second-order valence-electron chi connectivity index (χ2n) is 9.87. The van der Waals surface area contributed by atoms with Crippen molar-refractivity contribution in [1.82, 2.24) is 25.6 Å². The van der Waals surface area contributed by atoms with E-state index in [-0.39, 0.29) is 31.2 Å². The number of para-hydroxylation sites is 1. The van der Waals surface area contributed by atoms with Crippen molar-refractivity contribution in [3.05, 3.63) is 78.5 Å². The Bertz CT molecular complexity index is 1500. The van der Waals surface area contributed by atoms with Crippen molar-refractivity contribution in [2.45, 2.75) is 45.3 Å². The summed E-state index contributed by atoms with van der Waals surface area (Å²) in [6.07, 6.45) is 3.31. The molecule has 0 aliphatic rings. The minimum Gasteiger partial charge on any atom is -0.356 e. The number of alkyl halides is 1. The highest BCUT2D eigenvalue weighted by Crippen LogP contribution is 2.32. The van der Waals surface area contributed by atoms with Gasteiger partial charge in [-0.05, 0) is 44.2 Å². The van der Waals surface area contributed by atoms with Crippen LogP contribution < -0.4 is 21.3 Å². The lowest BCUT2D eigenvalue weighted by Gasteiger charge is -2.19. The van der Waals surface area contributed by atoms with E-state index in [1.807, 2.05) is 30.3 Å². The molecule has 0 radical (unpaired) electrons. The number of aromatic amines is 1. The molecule has 208 valence electrons. The van der Waals surface area contributed by atoms with Crippen LogP contribution in [0.2, 0.25) is 0 Å². The van der Waals surface area contributed by atoms with Crippen LogP contribution >= 0.6 is 0 Å². The van der Waals surface area contributed by atoms with Crippen molar-refractivity contribution in [2.24, 2.45) is 0 Å². The maximum atomic E-state index is 14.8. The monoisotopic (exact) mass is 545 g/mol. The maximum Gasteiger partial charge on any atom is 0.247 e. The normalized spacial score (nSPS) is 12.0. The van der Waals surface area contributed by atoms with E-state index < -0.39 is 17.6 Å². The molecule has 3 amide bonds. The SMILES string of the molecule is CC(=O)NCCC(=O)N[C@H](Cc1cnc[nH]1)C(=O)Nc1cccc(Nc2cc(C(C)(C)F)nc3ccccc23)c1. The lowest BCUT2D eigenvalue weighted by Crippen LogP contribution is -2.46. The number of H-pyrrole nitrogens is 1. The van der Waals surface area contributed by atoms with E-state index in [1.165, 1.54) is 27.1 Å². The van der Waals surface area contributed by atoms with Crippen LogP contribution in [0.1, 0.15) is 38.6 Å². The quantitative estimate of drug-likeness (QED) is 0.192. The second-order valence-corrected chi connectivity index (χ2v) is 9.87. The van der Waals surface area contributed by atoms with Gasteiger partial charge in [0, 0.05) is 60.6 Å². The number of fused-ring (bicyclic) bond motifs is 1. The van der Waals surface area contributed by atoms with E-state index in [9.17, 15) is 18.8 Å². The zero-order valence-electron chi connectivity index (χ0n) is 22.5. The summed E-state index contributed by atoms with van der Waals surface area (Å²) in [7, 11) is 0. The summed E-state index contributed by atoms with van der Waals surface area (Å²) in [5, 5.41) is 12.3. The van der Waals surface area contributed by atoms with Gasteiger partial charge in [0.1, 0.15) is 11.7 Å². The molecule has 4 rings (SSSR count). The standard InChI is InChI=1S/C29H32FN7O3/c1-18(38)32-12-11-27(39)37-25(14-21-16-31-17-33-21)28(40)35-20-8-6-7-19(13-20)34-24-15-26(29(2,3)30)36-23-10-5-4-9-22(23)24/h4-10,13,15-17,25H,11-12,14H2,1-3H3,(H,31,33)(H,32,38)(H,34,36)(H,35,40)(H,37,39)/t25-/m1/s1. The smallest absolute Gasteiger partial charge is 0.247 e. The molecule has 0 unspecified atom stereocenters. The highest BCUT2D eigenvalue weighted by molar-refractivity contribution is 5.98. The number of hydrogen-bond donors (Lipinski definition) is 5. The molecule has 40 heavy (non-hydrogen) atoms. The van der Waals surface area contributed by atoms with Crippen molar-refractivity contribution in [1.29, 1.82) is 0 Å². The van der Waals surface area contributed by atoms with Gasteiger partial charge in [-0.3, -0.25) is 14.4 Å². The minimum atomic E-state index is -1.63. The van der Waals surface area contributed by atoms with Crippen molar-refractivity contribution < 1.29 is 18.8 Å². The Labute approximate surface area is 231 Å². The first-order valence-corrected chi connectivity index (χ1v) is 12.9. The van der Waals surface area contributed by atoms with Gasteiger partial charge < -0.3 is 26.3 Å². The third kappa shape index (κ3) is 7.62. The molecule has 4 aromatic rings. The third-order valence-electron chi connectivity index (χ3n) is 6.09. The van der Waals surface area contributed by atoms with E-state index in [0.29, 0.717) is 34.0 Å². The number of aromatic nitrogens is 3. The first-order chi connectivity index (χ1) is 19.1. The van der Waals surface area contributed by atoms with Crippen molar-refractivity contribution in [3.63, 3.8) is 0 Å². The fraction of sp³-hybridized carbons (Fsp3) is 0.276. The Morgan fingerprint density at radius 2 is 1.82 bits per heavy atom. The average Bonchev–Trinajstić information content (AvgIpc) is 3.41. The molecular formula is C29H32FN7O3. The van der Waals surface area contributed by atoms with Crippen molar-refractivity contribution in [2.75, 3.05) is 17.2 Å². The lowest BCUT2D eigenvalue weighted by molar-refractivity contribution is -0.126. The fourth-order valence-electron chi connectivity index (χ4n) is 4.09. The van der Waals surface area contributed by atoms with Gasteiger partial charge in [-0.25, -0.2) is 14.4 Å². The van der Waals surface area contributed by atoms with Crippen LogP contribution in [-0.4, -0.2) is 45.3 Å². The lowest BCUT2D eigenvalue weighted by atomic mass is 10.0. The second kappa shape index (κ2) is 12.4. The highest BCUT2D eigenvalue weighted by atomic mass is 19.1.